The van der Waals surface area contributed by atoms with Gasteiger partial charge in [-0.1, -0.05) is 42.5 Å². The Kier molecular flexibility index (Phi) is 7.77. The molecule has 0 aliphatic carbocycles. The predicted octanol–water partition coefficient (Wildman–Crippen LogP) is 4.21. The summed E-state index contributed by atoms with van der Waals surface area (Å²) < 4.78 is 6.63. The molecule has 0 saturated carbocycles. The molecule has 3 N–H and O–H groups in total. The second-order valence-electron chi connectivity index (χ2n) is 6.56. The highest BCUT2D eigenvalue weighted by Gasteiger charge is 2.15. The molecule has 0 radical (unpaired) electrons. The molecule has 0 bridgehead atoms. The normalized spacial score (nSPS) is 10.8. The standard InChI is InChI=1S/C24H19BrN2O5/c25-19-8-4-5-9-21(19)32-18-12-10-16(11-13-18)14-20(24(31)26-15-22(28)29)27-23(30)17-6-2-1-3-7-17/h1-14H,15H2,(H,26,31)(H,27,30)(H,28,29)/b20-14-. The van der Waals surface area contributed by atoms with Crippen LogP contribution in [0.4, 0.5) is 0 Å². The molecule has 8 heteroatoms. The lowest BCUT2D eigenvalue weighted by atomic mass is 10.1. The van der Waals surface area contributed by atoms with Crippen molar-refractivity contribution >= 4 is 39.8 Å². The van der Waals surface area contributed by atoms with Crippen LogP contribution in [-0.2, 0) is 9.59 Å². The first-order valence-electron chi connectivity index (χ1n) is 9.53. The Labute approximate surface area is 192 Å². The summed E-state index contributed by atoms with van der Waals surface area (Å²) in [5.74, 6) is -1.17. The molecule has 0 spiro atoms. The lowest BCUT2D eigenvalue weighted by Crippen LogP contribution is -2.37. The summed E-state index contributed by atoms with van der Waals surface area (Å²) >= 11 is 3.42. The Morgan fingerprint density at radius 3 is 2.22 bits per heavy atom. The van der Waals surface area contributed by atoms with Gasteiger partial charge >= 0.3 is 5.97 Å². The van der Waals surface area contributed by atoms with E-state index in [1.165, 1.54) is 6.08 Å². The lowest BCUT2D eigenvalue weighted by Gasteiger charge is -2.11. The third kappa shape index (κ3) is 6.55. The Balaban J connectivity index is 1.80. The van der Waals surface area contributed by atoms with Crippen LogP contribution in [0, 0.1) is 0 Å². The molecule has 0 saturated heterocycles. The highest BCUT2D eigenvalue weighted by molar-refractivity contribution is 9.10. The van der Waals surface area contributed by atoms with E-state index in [1.54, 1.807) is 54.6 Å². The fourth-order valence-corrected chi connectivity index (χ4v) is 3.01. The van der Waals surface area contributed by atoms with E-state index in [9.17, 15) is 14.4 Å². The first-order valence-corrected chi connectivity index (χ1v) is 10.3. The number of carboxylic acid groups (broad SMARTS) is 1. The topological polar surface area (TPSA) is 105 Å². The number of carbonyl (C=O) groups excluding carboxylic acids is 2. The van der Waals surface area contributed by atoms with Crippen molar-refractivity contribution in [2.45, 2.75) is 0 Å². The van der Waals surface area contributed by atoms with Gasteiger partial charge in [0.1, 0.15) is 23.7 Å². The maximum absolute atomic E-state index is 12.5. The van der Waals surface area contributed by atoms with Gasteiger partial charge in [-0.3, -0.25) is 14.4 Å². The van der Waals surface area contributed by atoms with E-state index in [0.29, 0.717) is 22.6 Å². The fraction of sp³-hybridized carbons (Fsp3) is 0.0417. The zero-order valence-corrected chi connectivity index (χ0v) is 18.3. The maximum Gasteiger partial charge on any atom is 0.322 e. The van der Waals surface area contributed by atoms with Crippen LogP contribution in [0.25, 0.3) is 6.08 Å². The van der Waals surface area contributed by atoms with Gasteiger partial charge < -0.3 is 20.5 Å². The minimum absolute atomic E-state index is 0.0837. The summed E-state index contributed by atoms with van der Waals surface area (Å²) in [5, 5.41) is 13.6. The number of rotatable bonds is 8. The SMILES string of the molecule is O=C(O)CNC(=O)/C(=C/c1ccc(Oc2ccccc2Br)cc1)NC(=O)c1ccccc1. The zero-order valence-electron chi connectivity index (χ0n) is 16.7. The number of hydrogen-bond acceptors (Lipinski definition) is 4. The van der Waals surface area contributed by atoms with E-state index in [-0.39, 0.29) is 5.70 Å². The summed E-state index contributed by atoms with van der Waals surface area (Å²) in [7, 11) is 0. The van der Waals surface area contributed by atoms with E-state index in [1.807, 2.05) is 24.3 Å². The van der Waals surface area contributed by atoms with Crippen LogP contribution in [0.3, 0.4) is 0 Å². The van der Waals surface area contributed by atoms with Gasteiger partial charge in [-0.05, 0) is 64.0 Å². The summed E-state index contributed by atoms with van der Waals surface area (Å²) in [6.07, 6.45) is 1.46. The number of amides is 2. The molecular formula is C24H19BrN2O5. The monoisotopic (exact) mass is 494 g/mol. The molecule has 0 heterocycles. The number of aliphatic carboxylic acids is 1. The average Bonchev–Trinajstić information content (AvgIpc) is 2.80. The van der Waals surface area contributed by atoms with Gasteiger partial charge in [0.25, 0.3) is 11.8 Å². The molecule has 162 valence electrons. The van der Waals surface area contributed by atoms with E-state index >= 15 is 0 Å². The summed E-state index contributed by atoms with van der Waals surface area (Å²) in [6, 6.07) is 22.7. The Morgan fingerprint density at radius 2 is 1.56 bits per heavy atom. The van der Waals surface area contributed by atoms with Crippen LogP contribution in [0.2, 0.25) is 0 Å². The van der Waals surface area contributed by atoms with E-state index < -0.39 is 24.3 Å². The highest BCUT2D eigenvalue weighted by atomic mass is 79.9. The smallest absolute Gasteiger partial charge is 0.322 e. The number of benzene rings is 3. The largest absolute Gasteiger partial charge is 0.480 e. The summed E-state index contributed by atoms with van der Waals surface area (Å²) in [5.41, 5.74) is 0.888. The lowest BCUT2D eigenvalue weighted by molar-refractivity contribution is -0.137. The van der Waals surface area contributed by atoms with Crippen LogP contribution in [-0.4, -0.2) is 29.4 Å². The number of nitrogens with one attached hydrogen (secondary N) is 2. The molecule has 3 aromatic carbocycles. The zero-order chi connectivity index (χ0) is 22.9. The van der Waals surface area contributed by atoms with Crippen LogP contribution >= 0.6 is 15.9 Å². The third-order valence-electron chi connectivity index (χ3n) is 4.18. The number of carbonyl (C=O) groups is 3. The van der Waals surface area contributed by atoms with Crippen LogP contribution < -0.4 is 15.4 Å². The predicted molar refractivity (Wildman–Crippen MR) is 123 cm³/mol. The quantitative estimate of drug-likeness (QED) is 0.406. The number of para-hydroxylation sites is 1. The van der Waals surface area contributed by atoms with Crippen molar-refractivity contribution in [1.82, 2.24) is 10.6 Å². The Morgan fingerprint density at radius 1 is 0.906 bits per heavy atom. The molecule has 0 unspecified atom stereocenters. The molecule has 0 fully saturated rings. The molecule has 0 aliphatic rings. The number of carboxylic acids is 1. The van der Waals surface area contributed by atoms with Gasteiger partial charge in [-0.15, -0.1) is 0 Å². The third-order valence-corrected chi connectivity index (χ3v) is 4.84. The maximum atomic E-state index is 12.5. The molecule has 0 aliphatic heterocycles. The molecule has 3 aromatic rings. The van der Waals surface area contributed by atoms with Gasteiger partial charge in [0, 0.05) is 5.56 Å². The van der Waals surface area contributed by atoms with Crippen molar-refractivity contribution < 1.29 is 24.2 Å². The number of ether oxygens (including phenoxy) is 1. The summed E-state index contributed by atoms with van der Waals surface area (Å²) in [6.45, 7) is -0.573. The van der Waals surface area contributed by atoms with Crippen LogP contribution in [0.1, 0.15) is 15.9 Å². The average molecular weight is 495 g/mol. The van der Waals surface area contributed by atoms with Crippen molar-refractivity contribution in [1.29, 1.82) is 0 Å². The molecule has 7 nitrogen and oxygen atoms in total. The minimum atomic E-state index is -1.19. The minimum Gasteiger partial charge on any atom is -0.480 e. The van der Waals surface area contributed by atoms with Crippen LogP contribution in [0.15, 0.2) is 89.0 Å². The van der Waals surface area contributed by atoms with Crippen molar-refractivity contribution in [3.8, 4) is 11.5 Å². The number of halogens is 1. The Hall–Kier alpha value is -3.91. The second-order valence-corrected chi connectivity index (χ2v) is 7.41. The first kappa shape index (κ1) is 22.8. The summed E-state index contributed by atoms with van der Waals surface area (Å²) in [4.78, 5) is 35.8. The van der Waals surface area contributed by atoms with Gasteiger partial charge in [-0.25, -0.2) is 0 Å². The van der Waals surface area contributed by atoms with Gasteiger partial charge in [-0.2, -0.15) is 0 Å². The van der Waals surface area contributed by atoms with Crippen molar-refractivity contribution in [2.75, 3.05) is 6.54 Å². The van der Waals surface area contributed by atoms with Gasteiger partial charge in [0.05, 0.1) is 4.47 Å². The molecule has 32 heavy (non-hydrogen) atoms. The fourth-order valence-electron chi connectivity index (χ4n) is 2.65. The molecule has 0 aromatic heterocycles. The second kappa shape index (κ2) is 10.9. The van der Waals surface area contributed by atoms with Crippen molar-refractivity contribution in [3.05, 3.63) is 100 Å². The molecular weight excluding hydrogens is 476 g/mol. The van der Waals surface area contributed by atoms with E-state index in [4.69, 9.17) is 9.84 Å². The number of hydrogen-bond donors (Lipinski definition) is 3. The first-order chi connectivity index (χ1) is 15.4. The Bertz CT molecular complexity index is 1140. The molecule has 2 amide bonds. The van der Waals surface area contributed by atoms with E-state index in [0.717, 1.165) is 4.47 Å². The van der Waals surface area contributed by atoms with Crippen molar-refractivity contribution in [2.24, 2.45) is 0 Å². The van der Waals surface area contributed by atoms with Crippen molar-refractivity contribution in [3.63, 3.8) is 0 Å². The molecule has 0 atom stereocenters. The van der Waals surface area contributed by atoms with E-state index in [2.05, 4.69) is 26.6 Å². The molecule has 3 rings (SSSR count). The van der Waals surface area contributed by atoms with Gasteiger partial charge in [0.15, 0.2) is 0 Å². The highest BCUT2D eigenvalue weighted by Crippen LogP contribution is 2.29. The van der Waals surface area contributed by atoms with Crippen LogP contribution in [0.5, 0.6) is 11.5 Å². The van der Waals surface area contributed by atoms with Gasteiger partial charge in [0.2, 0.25) is 0 Å².